The molecule has 1 aromatic carbocycles. The fourth-order valence-corrected chi connectivity index (χ4v) is 2.11. The van der Waals surface area contributed by atoms with E-state index in [-0.39, 0.29) is 12.2 Å². The van der Waals surface area contributed by atoms with Gasteiger partial charge in [-0.15, -0.1) is 0 Å². The first-order chi connectivity index (χ1) is 9.74. The highest BCUT2D eigenvalue weighted by atomic mass is 16.6. The van der Waals surface area contributed by atoms with Crippen molar-refractivity contribution in [1.29, 1.82) is 0 Å². The molecule has 1 amide bonds. The summed E-state index contributed by atoms with van der Waals surface area (Å²) in [6, 6.07) is 8.16. The predicted octanol–water partition coefficient (Wildman–Crippen LogP) is 3.81. The van der Waals surface area contributed by atoms with Gasteiger partial charge in [0.2, 0.25) is 0 Å². The quantitative estimate of drug-likeness (QED) is 0.850. The van der Waals surface area contributed by atoms with Crippen LogP contribution in [0.3, 0.4) is 0 Å². The second-order valence-electron chi connectivity index (χ2n) is 6.85. The number of rotatable bonds is 3. The third-order valence-corrected chi connectivity index (χ3v) is 3.35. The molecule has 2 rings (SSSR count). The van der Waals surface area contributed by atoms with Gasteiger partial charge in [-0.2, -0.15) is 0 Å². The standard InChI is InChI=1S/C17H25NO3/c1-12(2)13-6-8-14(9-7-13)20-15-10-18(11-15)16(19)21-17(3,4)5/h6-9,12,15H,10-11H2,1-5H3. The van der Waals surface area contributed by atoms with E-state index in [9.17, 15) is 4.79 Å². The third-order valence-electron chi connectivity index (χ3n) is 3.35. The lowest BCUT2D eigenvalue weighted by Gasteiger charge is -2.39. The van der Waals surface area contributed by atoms with Crippen LogP contribution in [0, 0.1) is 0 Å². The van der Waals surface area contributed by atoms with Gasteiger partial charge in [0.15, 0.2) is 0 Å². The summed E-state index contributed by atoms with van der Waals surface area (Å²) >= 11 is 0. The molecule has 4 nitrogen and oxygen atoms in total. The first kappa shape index (κ1) is 15.7. The van der Waals surface area contributed by atoms with Gasteiger partial charge in [-0.3, -0.25) is 0 Å². The Bertz CT molecular complexity index is 482. The Morgan fingerprint density at radius 2 is 1.76 bits per heavy atom. The van der Waals surface area contributed by atoms with Gasteiger partial charge in [0.25, 0.3) is 0 Å². The van der Waals surface area contributed by atoms with Crippen molar-refractivity contribution in [3.63, 3.8) is 0 Å². The SMILES string of the molecule is CC(C)c1ccc(OC2CN(C(=O)OC(C)(C)C)C2)cc1. The van der Waals surface area contributed by atoms with Crippen LogP contribution in [0.25, 0.3) is 0 Å². The van der Waals surface area contributed by atoms with Crippen LogP contribution in [0.4, 0.5) is 4.79 Å². The zero-order chi connectivity index (χ0) is 15.6. The summed E-state index contributed by atoms with van der Waals surface area (Å²) in [6.07, 6.45) is -0.208. The highest BCUT2D eigenvalue weighted by molar-refractivity contribution is 5.69. The number of amides is 1. The van der Waals surface area contributed by atoms with Crippen LogP contribution in [-0.2, 0) is 4.74 Å². The monoisotopic (exact) mass is 291 g/mol. The van der Waals surface area contributed by atoms with Gasteiger partial charge < -0.3 is 14.4 Å². The minimum absolute atomic E-state index is 0.0578. The second-order valence-corrected chi connectivity index (χ2v) is 6.85. The molecule has 1 aliphatic rings. The molecule has 1 fully saturated rings. The molecule has 0 bridgehead atoms. The van der Waals surface area contributed by atoms with Crippen LogP contribution >= 0.6 is 0 Å². The van der Waals surface area contributed by atoms with E-state index in [0.29, 0.717) is 19.0 Å². The summed E-state index contributed by atoms with van der Waals surface area (Å²) in [5, 5.41) is 0. The number of benzene rings is 1. The molecular formula is C17H25NO3. The van der Waals surface area contributed by atoms with Crippen molar-refractivity contribution in [2.24, 2.45) is 0 Å². The highest BCUT2D eigenvalue weighted by Crippen LogP contribution is 2.22. The fourth-order valence-electron chi connectivity index (χ4n) is 2.11. The Balaban J connectivity index is 1.79. The first-order valence-corrected chi connectivity index (χ1v) is 7.49. The van der Waals surface area contributed by atoms with E-state index in [1.807, 2.05) is 32.9 Å². The highest BCUT2D eigenvalue weighted by Gasteiger charge is 2.35. The van der Waals surface area contributed by atoms with Crippen molar-refractivity contribution in [3.8, 4) is 5.75 Å². The minimum atomic E-state index is -0.449. The van der Waals surface area contributed by atoms with E-state index in [1.54, 1.807) is 4.90 Å². The topological polar surface area (TPSA) is 38.8 Å². The molecule has 0 aliphatic carbocycles. The largest absolute Gasteiger partial charge is 0.487 e. The summed E-state index contributed by atoms with van der Waals surface area (Å²) in [5.41, 5.74) is 0.849. The lowest BCUT2D eigenvalue weighted by Crippen LogP contribution is -2.57. The normalized spacial score (nSPS) is 15.8. The van der Waals surface area contributed by atoms with Gasteiger partial charge >= 0.3 is 6.09 Å². The van der Waals surface area contributed by atoms with Crippen molar-refractivity contribution in [2.75, 3.05) is 13.1 Å². The molecule has 1 aliphatic heterocycles. The molecule has 1 aromatic rings. The van der Waals surface area contributed by atoms with Crippen LogP contribution in [0.5, 0.6) is 5.75 Å². The molecular weight excluding hydrogens is 266 g/mol. The number of likely N-dealkylation sites (tertiary alicyclic amines) is 1. The minimum Gasteiger partial charge on any atom is -0.487 e. The van der Waals surface area contributed by atoms with E-state index in [1.165, 1.54) is 5.56 Å². The molecule has 116 valence electrons. The van der Waals surface area contributed by atoms with Gasteiger partial charge in [0.1, 0.15) is 17.5 Å². The number of hydrogen-bond acceptors (Lipinski definition) is 3. The third kappa shape index (κ3) is 4.38. The smallest absolute Gasteiger partial charge is 0.410 e. The maximum atomic E-state index is 11.8. The molecule has 1 saturated heterocycles. The molecule has 0 aromatic heterocycles. The lowest BCUT2D eigenvalue weighted by molar-refractivity contribution is -0.0221. The Kier molecular flexibility index (Phi) is 4.45. The number of carbonyl (C=O) groups excluding carboxylic acids is 1. The van der Waals surface area contributed by atoms with Crippen molar-refractivity contribution < 1.29 is 14.3 Å². The molecule has 21 heavy (non-hydrogen) atoms. The second kappa shape index (κ2) is 5.96. The van der Waals surface area contributed by atoms with Crippen LogP contribution in [0.2, 0.25) is 0 Å². The van der Waals surface area contributed by atoms with Gasteiger partial charge in [-0.05, 0) is 44.4 Å². The van der Waals surface area contributed by atoms with E-state index in [0.717, 1.165) is 5.75 Å². The van der Waals surface area contributed by atoms with Gasteiger partial charge in [0, 0.05) is 0 Å². The summed E-state index contributed by atoms with van der Waals surface area (Å²) in [4.78, 5) is 13.5. The van der Waals surface area contributed by atoms with E-state index >= 15 is 0 Å². The molecule has 4 heteroatoms. The lowest BCUT2D eigenvalue weighted by atomic mass is 10.0. The maximum absolute atomic E-state index is 11.8. The number of hydrogen-bond donors (Lipinski definition) is 0. The average molecular weight is 291 g/mol. The van der Waals surface area contributed by atoms with E-state index < -0.39 is 5.60 Å². The van der Waals surface area contributed by atoms with Crippen LogP contribution in [0.15, 0.2) is 24.3 Å². The van der Waals surface area contributed by atoms with Gasteiger partial charge in [0.05, 0.1) is 13.1 Å². The maximum Gasteiger partial charge on any atom is 0.410 e. The van der Waals surface area contributed by atoms with Crippen LogP contribution < -0.4 is 4.74 Å². The van der Waals surface area contributed by atoms with Crippen molar-refractivity contribution >= 4 is 6.09 Å². The molecule has 0 N–H and O–H groups in total. The summed E-state index contributed by atoms with van der Waals surface area (Å²) < 4.78 is 11.2. The molecule has 0 unspecified atom stereocenters. The summed E-state index contributed by atoms with van der Waals surface area (Å²) in [6.45, 7) is 11.1. The molecule has 0 atom stereocenters. The fraction of sp³-hybridized carbons (Fsp3) is 0.588. The first-order valence-electron chi connectivity index (χ1n) is 7.49. The van der Waals surface area contributed by atoms with Gasteiger partial charge in [-0.1, -0.05) is 26.0 Å². The van der Waals surface area contributed by atoms with Crippen molar-refractivity contribution in [3.05, 3.63) is 29.8 Å². The Labute approximate surface area is 127 Å². The summed E-state index contributed by atoms with van der Waals surface area (Å²) in [5.74, 6) is 1.37. The summed E-state index contributed by atoms with van der Waals surface area (Å²) in [7, 11) is 0. The average Bonchev–Trinajstić information content (AvgIpc) is 2.31. The zero-order valence-electron chi connectivity index (χ0n) is 13.6. The number of nitrogens with zero attached hydrogens (tertiary/aromatic N) is 1. The Morgan fingerprint density at radius 3 is 2.24 bits per heavy atom. The Hall–Kier alpha value is -1.71. The van der Waals surface area contributed by atoms with Crippen LogP contribution in [-0.4, -0.2) is 35.8 Å². The zero-order valence-corrected chi connectivity index (χ0v) is 13.6. The van der Waals surface area contributed by atoms with Gasteiger partial charge in [-0.25, -0.2) is 4.79 Å². The van der Waals surface area contributed by atoms with Crippen molar-refractivity contribution in [1.82, 2.24) is 4.90 Å². The van der Waals surface area contributed by atoms with Crippen molar-refractivity contribution in [2.45, 2.75) is 52.2 Å². The van der Waals surface area contributed by atoms with Crippen LogP contribution in [0.1, 0.15) is 46.1 Å². The molecule has 0 saturated carbocycles. The number of carbonyl (C=O) groups is 1. The molecule has 0 radical (unpaired) electrons. The Morgan fingerprint density at radius 1 is 1.19 bits per heavy atom. The van der Waals surface area contributed by atoms with E-state index in [2.05, 4.69) is 26.0 Å². The molecule has 0 spiro atoms. The predicted molar refractivity (Wildman–Crippen MR) is 82.8 cm³/mol. The van der Waals surface area contributed by atoms with E-state index in [4.69, 9.17) is 9.47 Å². The number of ether oxygens (including phenoxy) is 2. The molecule has 1 heterocycles.